The molecule has 0 bridgehead atoms. The summed E-state index contributed by atoms with van der Waals surface area (Å²) in [6, 6.07) is 7.90. The third-order valence-corrected chi connectivity index (χ3v) is 4.21. The summed E-state index contributed by atoms with van der Waals surface area (Å²) in [7, 11) is 3.56. The fourth-order valence-electron chi connectivity index (χ4n) is 2.06. The zero-order chi connectivity index (χ0) is 13.0. The molecule has 98 valence electrons. The van der Waals surface area contributed by atoms with Crippen molar-refractivity contribution in [1.29, 1.82) is 0 Å². The molecule has 1 N–H and O–H groups in total. The molecule has 1 aromatic rings. The molecule has 0 aromatic heterocycles. The van der Waals surface area contributed by atoms with Gasteiger partial charge in [0.25, 0.3) is 0 Å². The molecule has 5 heteroatoms. The van der Waals surface area contributed by atoms with Gasteiger partial charge in [-0.15, -0.1) is 11.8 Å². The summed E-state index contributed by atoms with van der Waals surface area (Å²) in [6.45, 7) is 1.53. The number of rotatable bonds is 5. The summed E-state index contributed by atoms with van der Waals surface area (Å²) in [5.74, 6) is 1.59. The second-order valence-corrected chi connectivity index (χ2v) is 5.16. The average Bonchev–Trinajstić information content (AvgIpc) is 2.77. The first-order valence-corrected chi connectivity index (χ1v) is 7.01. The van der Waals surface area contributed by atoms with Gasteiger partial charge in [-0.3, -0.25) is 4.79 Å². The number of likely N-dealkylation sites (N-methyl/N-ethyl adjacent to an activating group) is 1. The maximum absolute atomic E-state index is 11.9. The standard InChI is InChI=1S/C13H18N2O2S/c1-14-7-8-15-12(16)9-18-13(15)10-5-3-4-6-11(10)17-2/h3-6,13-14H,7-9H2,1-2H3. The van der Waals surface area contributed by atoms with Crippen LogP contribution in [0, 0.1) is 0 Å². The van der Waals surface area contributed by atoms with Crippen molar-refractivity contribution in [2.75, 3.05) is 33.0 Å². The molecule has 0 aliphatic carbocycles. The number of nitrogens with one attached hydrogen (secondary N) is 1. The number of hydrogen-bond donors (Lipinski definition) is 1. The number of hydrogen-bond acceptors (Lipinski definition) is 4. The third kappa shape index (κ3) is 2.62. The number of para-hydroxylation sites is 1. The topological polar surface area (TPSA) is 41.6 Å². The first kappa shape index (κ1) is 13.2. The molecule has 1 aromatic carbocycles. The van der Waals surface area contributed by atoms with Crippen LogP contribution in [0.15, 0.2) is 24.3 Å². The van der Waals surface area contributed by atoms with Gasteiger partial charge < -0.3 is 15.0 Å². The predicted molar refractivity (Wildman–Crippen MR) is 73.8 cm³/mol. The summed E-state index contributed by atoms with van der Waals surface area (Å²) in [5.41, 5.74) is 1.08. The molecule has 1 unspecified atom stereocenters. The molecule has 4 nitrogen and oxygen atoms in total. The van der Waals surface area contributed by atoms with Gasteiger partial charge in [0.15, 0.2) is 0 Å². The average molecular weight is 266 g/mol. The number of thioether (sulfide) groups is 1. The molecule has 2 rings (SSSR count). The lowest BCUT2D eigenvalue weighted by atomic mass is 10.2. The van der Waals surface area contributed by atoms with E-state index in [4.69, 9.17) is 4.74 Å². The van der Waals surface area contributed by atoms with Gasteiger partial charge in [-0.1, -0.05) is 18.2 Å². The Kier molecular flexibility index (Phi) is 4.49. The van der Waals surface area contributed by atoms with E-state index >= 15 is 0 Å². The van der Waals surface area contributed by atoms with E-state index < -0.39 is 0 Å². The molecular weight excluding hydrogens is 248 g/mol. The fraction of sp³-hybridized carbons (Fsp3) is 0.462. The van der Waals surface area contributed by atoms with Crippen LogP contribution in [0.2, 0.25) is 0 Å². The van der Waals surface area contributed by atoms with Crippen LogP contribution in [0.3, 0.4) is 0 Å². The summed E-state index contributed by atoms with van der Waals surface area (Å²) < 4.78 is 5.38. The molecule has 1 aliphatic rings. The molecule has 0 spiro atoms. The predicted octanol–water partition coefficient (Wildman–Crippen LogP) is 1.49. The van der Waals surface area contributed by atoms with E-state index in [0.717, 1.165) is 24.4 Å². The summed E-state index contributed by atoms with van der Waals surface area (Å²) >= 11 is 1.66. The molecule has 1 fully saturated rings. The molecule has 1 atom stereocenters. The van der Waals surface area contributed by atoms with Crippen LogP contribution in [-0.2, 0) is 4.79 Å². The molecule has 1 aliphatic heterocycles. The number of nitrogens with zero attached hydrogens (tertiary/aromatic N) is 1. The molecule has 1 amide bonds. The van der Waals surface area contributed by atoms with Gasteiger partial charge in [0.1, 0.15) is 11.1 Å². The van der Waals surface area contributed by atoms with E-state index in [2.05, 4.69) is 5.32 Å². The number of carbonyl (C=O) groups excluding carboxylic acids is 1. The monoisotopic (exact) mass is 266 g/mol. The minimum absolute atomic E-state index is 0.0713. The third-order valence-electron chi connectivity index (χ3n) is 2.98. The van der Waals surface area contributed by atoms with Crippen LogP contribution < -0.4 is 10.1 Å². The van der Waals surface area contributed by atoms with E-state index in [-0.39, 0.29) is 11.3 Å². The van der Waals surface area contributed by atoms with Gasteiger partial charge in [0, 0.05) is 18.7 Å². The van der Waals surface area contributed by atoms with Gasteiger partial charge in [-0.25, -0.2) is 0 Å². The van der Waals surface area contributed by atoms with Crippen molar-refractivity contribution in [3.8, 4) is 5.75 Å². The first-order valence-electron chi connectivity index (χ1n) is 5.96. The Morgan fingerprint density at radius 2 is 2.28 bits per heavy atom. The molecule has 18 heavy (non-hydrogen) atoms. The van der Waals surface area contributed by atoms with Crippen molar-refractivity contribution >= 4 is 17.7 Å². The maximum atomic E-state index is 11.9. The number of amides is 1. The van der Waals surface area contributed by atoms with Crippen molar-refractivity contribution in [3.63, 3.8) is 0 Å². The van der Waals surface area contributed by atoms with Crippen LogP contribution in [-0.4, -0.2) is 43.8 Å². The van der Waals surface area contributed by atoms with Gasteiger partial charge in [0.2, 0.25) is 5.91 Å². The Morgan fingerprint density at radius 1 is 1.50 bits per heavy atom. The summed E-state index contributed by atoms with van der Waals surface area (Å²) in [6.07, 6.45) is 0. The van der Waals surface area contributed by atoms with E-state index in [9.17, 15) is 4.79 Å². The molecular formula is C13H18N2O2S. The maximum Gasteiger partial charge on any atom is 0.233 e. The Morgan fingerprint density at radius 3 is 3.00 bits per heavy atom. The van der Waals surface area contributed by atoms with E-state index in [1.807, 2.05) is 36.2 Å². The van der Waals surface area contributed by atoms with Crippen molar-refractivity contribution < 1.29 is 9.53 Å². The highest BCUT2D eigenvalue weighted by Gasteiger charge is 2.33. The summed E-state index contributed by atoms with van der Waals surface area (Å²) in [5, 5.41) is 3.15. The van der Waals surface area contributed by atoms with Crippen LogP contribution in [0.5, 0.6) is 5.75 Å². The highest BCUT2D eigenvalue weighted by atomic mass is 32.2. The van der Waals surface area contributed by atoms with Gasteiger partial charge in [-0.2, -0.15) is 0 Å². The van der Waals surface area contributed by atoms with Crippen molar-refractivity contribution in [2.45, 2.75) is 5.37 Å². The lowest BCUT2D eigenvalue weighted by molar-refractivity contribution is -0.128. The quantitative estimate of drug-likeness (QED) is 0.876. The van der Waals surface area contributed by atoms with Crippen molar-refractivity contribution in [2.24, 2.45) is 0 Å². The fourth-order valence-corrected chi connectivity index (χ4v) is 3.30. The molecule has 1 heterocycles. The molecule has 1 saturated heterocycles. The number of methoxy groups -OCH3 is 1. The van der Waals surface area contributed by atoms with E-state index in [0.29, 0.717) is 5.75 Å². The largest absolute Gasteiger partial charge is 0.496 e. The zero-order valence-corrected chi connectivity index (χ0v) is 11.5. The Hall–Kier alpha value is -1.20. The molecule has 0 radical (unpaired) electrons. The van der Waals surface area contributed by atoms with E-state index in [1.165, 1.54) is 0 Å². The van der Waals surface area contributed by atoms with Gasteiger partial charge >= 0.3 is 0 Å². The minimum atomic E-state index is 0.0713. The zero-order valence-electron chi connectivity index (χ0n) is 10.7. The molecule has 0 saturated carbocycles. The van der Waals surface area contributed by atoms with Crippen molar-refractivity contribution in [1.82, 2.24) is 10.2 Å². The Bertz CT molecular complexity index is 425. The van der Waals surface area contributed by atoms with Crippen LogP contribution >= 0.6 is 11.8 Å². The second-order valence-electron chi connectivity index (χ2n) is 4.10. The SMILES string of the molecule is CNCCN1C(=O)CSC1c1ccccc1OC. The minimum Gasteiger partial charge on any atom is -0.496 e. The van der Waals surface area contributed by atoms with Crippen LogP contribution in [0.4, 0.5) is 0 Å². The Balaban J connectivity index is 2.22. The number of ether oxygens (including phenoxy) is 1. The van der Waals surface area contributed by atoms with Crippen molar-refractivity contribution in [3.05, 3.63) is 29.8 Å². The van der Waals surface area contributed by atoms with E-state index in [1.54, 1.807) is 18.9 Å². The van der Waals surface area contributed by atoms with Crippen LogP contribution in [0.25, 0.3) is 0 Å². The number of benzene rings is 1. The normalized spacial score (nSPS) is 19.3. The number of carbonyl (C=O) groups is 1. The lowest BCUT2D eigenvalue weighted by Crippen LogP contribution is -2.34. The second kappa shape index (κ2) is 6.11. The van der Waals surface area contributed by atoms with Gasteiger partial charge in [0.05, 0.1) is 12.9 Å². The van der Waals surface area contributed by atoms with Gasteiger partial charge in [-0.05, 0) is 13.1 Å². The van der Waals surface area contributed by atoms with Crippen LogP contribution in [0.1, 0.15) is 10.9 Å². The highest BCUT2D eigenvalue weighted by Crippen LogP contribution is 2.41. The smallest absolute Gasteiger partial charge is 0.233 e. The highest BCUT2D eigenvalue weighted by molar-refractivity contribution is 8.00. The first-order chi connectivity index (χ1) is 8.77. The summed E-state index contributed by atoms with van der Waals surface area (Å²) in [4.78, 5) is 13.8. The lowest BCUT2D eigenvalue weighted by Gasteiger charge is -2.25. The Labute approximate surface area is 112 Å².